The molecular formula is C50H66N10O10S6. The summed E-state index contributed by atoms with van der Waals surface area (Å²) in [5, 5.41) is 14.7. The number of rotatable bonds is 15. The fourth-order valence-corrected chi connectivity index (χ4v) is 12.8. The van der Waals surface area contributed by atoms with Crippen molar-refractivity contribution >= 4 is 91.5 Å². The molecule has 412 valence electrons. The second kappa shape index (κ2) is 24.9. The summed E-state index contributed by atoms with van der Waals surface area (Å²) in [6.07, 6.45) is 6.92. The summed E-state index contributed by atoms with van der Waals surface area (Å²) in [7, 11) is -12.4. The van der Waals surface area contributed by atoms with Gasteiger partial charge in [-0.15, -0.1) is 22.7 Å². The van der Waals surface area contributed by atoms with Crippen LogP contribution < -0.4 is 34.4 Å². The lowest BCUT2D eigenvalue weighted by Gasteiger charge is -2.23. The number of ether oxygens (including phenoxy) is 1. The Morgan fingerprint density at radius 3 is 1.34 bits per heavy atom. The largest absolute Gasteiger partial charge is 0.425 e. The molecule has 6 rings (SSSR count). The Hall–Kier alpha value is -6.18. The van der Waals surface area contributed by atoms with E-state index in [4.69, 9.17) is 11.0 Å². The van der Waals surface area contributed by atoms with Gasteiger partial charge in [-0.3, -0.25) is 8.61 Å². The second-order valence-electron chi connectivity index (χ2n) is 19.8. The Bertz CT molecular complexity index is 3490. The minimum Gasteiger partial charge on any atom is -0.425 e. The zero-order valence-electron chi connectivity index (χ0n) is 44.7. The highest BCUT2D eigenvalue weighted by Gasteiger charge is 2.29. The van der Waals surface area contributed by atoms with Crippen LogP contribution in [0, 0.1) is 11.5 Å². The van der Waals surface area contributed by atoms with Crippen molar-refractivity contribution in [3.05, 3.63) is 97.3 Å². The number of nitrogens with zero attached hydrogens (tertiary/aromatic N) is 5. The van der Waals surface area contributed by atoms with Crippen LogP contribution in [0.15, 0.2) is 107 Å². The number of nitrogens with one attached hydrogen (secondary N) is 4. The maximum absolute atomic E-state index is 13.4. The van der Waals surface area contributed by atoms with E-state index in [0.29, 0.717) is 42.3 Å². The first-order chi connectivity index (χ1) is 34.9. The highest BCUT2D eigenvalue weighted by atomic mass is 32.2. The summed E-state index contributed by atoms with van der Waals surface area (Å²) in [5.74, 6) is 0. The van der Waals surface area contributed by atoms with Gasteiger partial charge in [-0.1, -0.05) is 12.1 Å². The SMILES string of the molecule is CC(C)NC(=O)Nc1ccc(-c2ncc(-c3ccc(N(C)S(C)(=O)=O)cc3S(=O)(=O)NC(C)(C)C)s2)cc1.CC(C)OC#N.CN(c1ccc(-c2cnc(-c3ccc(N)cc3)s2)c(S(=O)(=O)NC(C)(C)C)c1)S(C)(=O)=O. The number of urea groups is 1. The molecule has 20 nitrogen and oxygen atoms in total. The van der Waals surface area contributed by atoms with Crippen LogP contribution in [0.5, 0.6) is 0 Å². The minimum atomic E-state index is -4.02. The Morgan fingerprint density at radius 1 is 0.645 bits per heavy atom. The molecule has 2 aromatic heterocycles. The summed E-state index contributed by atoms with van der Waals surface area (Å²) in [6, 6.07) is 23.2. The minimum absolute atomic E-state index is 0.0103. The van der Waals surface area contributed by atoms with Crippen molar-refractivity contribution in [2.24, 2.45) is 0 Å². The molecule has 0 spiro atoms. The van der Waals surface area contributed by atoms with Crippen LogP contribution in [-0.2, 0) is 44.8 Å². The van der Waals surface area contributed by atoms with Crippen molar-refractivity contribution in [3.8, 4) is 48.3 Å². The maximum atomic E-state index is 13.4. The fourth-order valence-electron chi connectivity index (χ4n) is 6.49. The van der Waals surface area contributed by atoms with Gasteiger partial charge in [0.2, 0.25) is 40.1 Å². The van der Waals surface area contributed by atoms with Crippen molar-refractivity contribution in [1.82, 2.24) is 24.7 Å². The van der Waals surface area contributed by atoms with Gasteiger partial charge in [-0.25, -0.2) is 57.9 Å². The molecule has 0 fully saturated rings. The molecule has 26 heteroatoms. The first-order valence-corrected chi connectivity index (χ1v) is 31.4. The molecule has 0 aliphatic heterocycles. The average Bonchev–Trinajstić information content (AvgIpc) is 3.98. The third-order valence-corrected chi connectivity index (χ3v) is 18.1. The molecule has 2 heterocycles. The summed E-state index contributed by atoms with van der Waals surface area (Å²) in [4.78, 5) is 22.0. The molecular weight excluding hydrogens is 1090 g/mol. The number of nitrogen functional groups attached to an aromatic ring is 1. The van der Waals surface area contributed by atoms with Gasteiger partial charge in [0.1, 0.15) is 16.1 Å². The molecule has 6 N–H and O–H groups in total. The zero-order chi connectivity index (χ0) is 57.4. The number of thiazole rings is 2. The number of hydrogen-bond acceptors (Lipinski definition) is 16. The molecule has 0 radical (unpaired) electrons. The van der Waals surface area contributed by atoms with Gasteiger partial charge in [-0.05, 0) is 142 Å². The molecule has 0 aliphatic rings. The predicted molar refractivity (Wildman–Crippen MR) is 306 cm³/mol. The Morgan fingerprint density at radius 2 is 1.03 bits per heavy atom. The quantitative estimate of drug-likeness (QED) is 0.0474. The summed E-state index contributed by atoms with van der Waals surface area (Å²) in [5.41, 5.74) is 8.49. The number of aromatic nitrogens is 2. The number of hydrogen-bond donors (Lipinski definition) is 5. The monoisotopic (exact) mass is 1160 g/mol. The smallest absolute Gasteiger partial charge is 0.319 e. The summed E-state index contributed by atoms with van der Waals surface area (Å²) in [6.45, 7) is 17.8. The van der Waals surface area contributed by atoms with Crippen LogP contribution in [-0.4, -0.2) is 99.5 Å². The van der Waals surface area contributed by atoms with Gasteiger partial charge in [-0.2, -0.15) is 5.26 Å². The van der Waals surface area contributed by atoms with E-state index in [-0.39, 0.29) is 39.3 Å². The van der Waals surface area contributed by atoms with Gasteiger partial charge in [0.15, 0.2) is 0 Å². The number of sulfonamides is 4. The van der Waals surface area contributed by atoms with E-state index in [1.165, 1.54) is 48.9 Å². The van der Waals surface area contributed by atoms with Crippen LogP contribution in [0.4, 0.5) is 27.5 Å². The maximum Gasteiger partial charge on any atom is 0.319 e. The summed E-state index contributed by atoms with van der Waals surface area (Å²) < 4.78 is 113. The number of nitriles is 1. The van der Waals surface area contributed by atoms with Crippen LogP contribution in [0.3, 0.4) is 0 Å². The van der Waals surface area contributed by atoms with Crippen molar-refractivity contribution in [2.45, 2.75) is 102 Å². The molecule has 2 amide bonds. The van der Waals surface area contributed by atoms with Crippen LogP contribution >= 0.6 is 22.7 Å². The molecule has 0 saturated carbocycles. The van der Waals surface area contributed by atoms with Crippen LogP contribution in [0.1, 0.15) is 69.2 Å². The lowest BCUT2D eigenvalue weighted by atomic mass is 10.1. The van der Waals surface area contributed by atoms with E-state index in [1.807, 2.05) is 52.0 Å². The first-order valence-electron chi connectivity index (χ1n) is 23.2. The van der Waals surface area contributed by atoms with Gasteiger partial charge < -0.3 is 21.1 Å². The van der Waals surface area contributed by atoms with E-state index >= 15 is 0 Å². The van der Waals surface area contributed by atoms with Gasteiger partial charge in [0.25, 0.3) is 6.26 Å². The lowest BCUT2D eigenvalue weighted by molar-refractivity contribution is 0.198. The van der Waals surface area contributed by atoms with Gasteiger partial charge >= 0.3 is 6.03 Å². The predicted octanol–water partition coefficient (Wildman–Crippen LogP) is 8.90. The highest BCUT2D eigenvalue weighted by Crippen LogP contribution is 2.40. The van der Waals surface area contributed by atoms with Gasteiger partial charge in [0, 0.05) is 77.2 Å². The molecule has 0 aliphatic carbocycles. The lowest BCUT2D eigenvalue weighted by Crippen LogP contribution is -2.40. The molecule has 0 saturated heterocycles. The summed E-state index contributed by atoms with van der Waals surface area (Å²) >= 11 is 2.64. The third kappa shape index (κ3) is 18.2. The molecule has 4 aromatic carbocycles. The van der Waals surface area contributed by atoms with E-state index in [1.54, 1.807) is 109 Å². The van der Waals surface area contributed by atoms with Gasteiger partial charge in [0.05, 0.1) is 43.4 Å². The third-order valence-electron chi connectivity index (χ3n) is 9.91. The number of benzene rings is 4. The highest BCUT2D eigenvalue weighted by molar-refractivity contribution is 7.92. The van der Waals surface area contributed by atoms with Crippen molar-refractivity contribution in [2.75, 3.05) is 46.3 Å². The van der Waals surface area contributed by atoms with Crippen LogP contribution in [0.2, 0.25) is 0 Å². The Labute approximate surface area is 456 Å². The van der Waals surface area contributed by atoms with Crippen molar-refractivity contribution < 1.29 is 43.2 Å². The van der Waals surface area contributed by atoms with E-state index in [2.05, 4.69) is 34.8 Å². The average molecular weight is 1160 g/mol. The Kier molecular flexibility index (Phi) is 20.4. The zero-order valence-corrected chi connectivity index (χ0v) is 49.6. The second-order valence-corrected chi connectivity index (χ2v) is 29.2. The molecule has 0 bridgehead atoms. The number of anilines is 4. The molecule has 0 atom stereocenters. The van der Waals surface area contributed by atoms with E-state index < -0.39 is 51.2 Å². The number of amides is 2. The van der Waals surface area contributed by atoms with E-state index in [9.17, 15) is 38.5 Å². The van der Waals surface area contributed by atoms with E-state index in [0.717, 1.165) is 32.2 Å². The number of carbonyl (C=O) groups is 1. The van der Waals surface area contributed by atoms with Crippen molar-refractivity contribution in [3.63, 3.8) is 0 Å². The number of carbonyl (C=O) groups excluding carboxylic acids is 1. The molecule has 0 unspecified atom stereocenters. The molecule has 6 aromatic rings. The van der Waals surface area contributed by atoms with Crippen molar-refractivity contribution in [1.29, 1.82) is 5.26 Å². The topological polar surface area (TPSA) is 293 Å². The molecule has 76 heavy (non-hydrogen) atoms. The van der Waals surface area contributed by atoms with Crippen LogP contribution in [0.25, 0.3) is 42.0 Å². The normalized spacial score (nSPS) is 12.1. The number of nitrogens with two attached hydrogens (primary N) is 1. The Balaban J connectivity index is 0.000000300. The standard InChI is InChI=1S/C25H33N5O5S3.C21H26N4O4S3.C4H7NO/c1-16(2)27-24(31)28-18-10-8-17(9-11-18)23-26-15-21(36-23)20-13-12-19(30(6)37(7,32)33)14-22(20)38(34,35)29-25(3,4)5;1-21(2,3)24-32(28,29)19-12-16(25(4)31(5,26)27)10-11-17(19)18-13-23-20(30-18)14-6-8-15(22)9-7-14;1-4(2)6-3-5/h8-16,29H,1-7H3,(H2,27,28,31);6-13,24H,22H2,1-5H3;4H,1-2H3. The fraction of sp³-hybridized carbons (Fsp3) is 0.360. The first kappa shape index (κ1) is 62.4.